The summed E-state index contributed by atoms with van der Waals surface area (Å²) in [5, 5.41) is 2.95. The lowest BCUT2D eigenvalue weighted by Gasteiger charge is -2.11. The molecule has 6 heteroatoms. The molecule has 0 spiro atoms. The molecule has 0 aliphatic rings. The highest BCUT2D eigenvalue weighted by Gasteiger charge is 2.11. The Morgan fingerprint density at radius 3 is 2.60 bits per heavy atom. The van der Waals surface area contributed by atoms with E-state index in [1.54, 1.807) is 24.5 Å². The number of nitrogens with zero attached hydrogens (tertiary/aromatic N) is 3. The number of hydrogen-bond acceptors (Lipinski definition) is 4. The molecule has 6 nitrogen and oxygen atoms in total. The second-order valence-electron chi connectivity index (χ2n) is 7.07. The molecule has 4 rings (SSSR count). The maximum Gasteiger partial charge on any atom is 0.251 e. The van der Waals surface area contributed by atoms with Crippen LogP contribution >= 0.6 is 0 Å². The van der Waals surface area contributed by atoms with Gasteiger partial charge in [-0.2, -0.15) is 0 Å². The maximum atomic E-state index is 12.3. The van der Waals surface area contributed by atoms with Crippen LogP contribution in [-0.4, -0.2) is 33.6 Å². The largest absolute Gasteiger partial charge is 0.492 e. The molecule has 0 saturated heterocycles. The quantitative estimate of drug-likeness (QED) is 0.489. The molecular weight excluding hydrogens is 376 g/mol. The molecule has 152 valence electrons. The van der Waals surface area contributed by atoms with Crippen LogP contribution in [0.15, 0.2) is 73.1 Å². The van der Waals surface area contributed by atoms with Gasteiger partial charge in [0.25, 0.3) is 5.91 Å². The minimum atomic E-state index is -0.109. The van der Waals surface area contributed by atoms with Gasteiger partial charge in [-0.15, -0.1) is 0 Å². The molecule has 4 aromatic rings. The molecule has 1 amide bonds. The molecular formula is C24H24N4O2. The first-order chi connectivity index (χ1) is 14.7. The van der Waals surface area contributed by atoms with Crippen molar-refractivity contribution in [3.63, 3.8) is 0 Å². The first kappa shape index (κ1) is 19.6. The number of aromatic nitrogens is 3. The fraction of sp³-hybridized carbons (Fsp3) is 0.208. The van der Waals surface area contributed by atoms with E-state index in [1.807, 2.05) is 42.5 Å². The summed E-state index contributed by atoms with van der Waals surface area (Å²) in [5.41, 5.74) is 3.83. The van der Waals surface area contributed by atoms with Crippen LogP contribution in [-0.2, 0) is 13.0 Å². The van der Waals surface area contributed by atoms with E-state index in [0.29, 0.717) is 31.7 Å². The number of carbonyl (C=O) groups excluding carboxylic acids is 1. The van der Waals surface area contributed by atoms with Crippen molar-refractivity contribution in [1.29, 1.82) is 0 Å². The summed E-state index contributed by atoms with van der Waals surface area (Å²) in [6, 6.07) is 19.5. The fourth-order valence-electron chi connectivity index (χ4n) is 3.35. The molecule has 2 aromatic carbocycles. The van der Waals surface area contributed by atoms with Gasteiger partial charge in [-0.25, -0.2) is 4.98 Å². The highest BCUT2D eigenvalue weighted by molar-refractivity contribution is 5.93. The second-order valence-corrected chi connectivity index (χ2v) is 7.07. The van der Waals surface area contributed by atoms with Crippen LogP contribution in [0.1, 0.15) is 21.7 Å². The zero-order chi connectivity index (χ0) is 20.8. The summed E-state index contributed by atoms with van der Waals surface area (Å²) in [6.07, 6.45) is 3.86. The number of pyridine rings is 1. The number of imidazole rings is 1. The Balaban J connectivity index is 1.42. The van der Waals surface area contributed by atoms with E-state index in [1.165, 1.54) is 5.56 Å². The van der Waals surface area contributed by atoms with Gasteiger partial charge in [-0.1, -0.05) is 29.8 Å². The van der Waals surface area contributed by atoms with E-state index in [0.717, 1.165) is 22.6 Å². The first-order valence-electron chi connectivity index (χ1n) is 10.0. The predicted molar refractivity (Wildman–Crippen MR) is 117 cm³/mol. The molecule has 30 heavy (non-hydrogen) atoms. The summed E-state index contributed by atoms with van der Waals surface area (Å²) in [4.78, 5) is 21.0. The van der Waals surface area contributed by atoms with E-state index in [9.17, 15) is 4.79 Å². The molecule has 2 aromatic heterocycles. The van der Waals surface area contributed by atoms with Crippen LogP contribution in [0.3, 0.4) is 0 Å². The topological polar surface area (TPSA) is 69.0 Å². The lowest BCUT2D eigenvalue weighted by molar-refractivity contribution is 0.0953. The number of fused-ring (bicyclic) bond motifs is 1. The number of rotatable bonds is 8. The molecule has 0 unspecified atom stereocenters. The van der Waals surface area contributed by atoms with Crippen LogP contribution < -0.4 is 10.1 Å². The number of benzene rings is 2. The van der Waals surface area contributed by atoms with Crippen LogP contribution in [0, 0.1) is 6.92 Å². The molecule has 1 N–H and O–H groups in total. The van der Waals surface area contributed by atoms with Gasteiger partial charge in [0.2, 0.25) is 0 Å². The summed E-state index contributed by atoms with van der Waals surface area (Å²) in [6.45, 7) is 3.78. The lowest BCUT2D eigenvalue weighted by Crippen LogP contribution is -2.26. The van der Waals surface area contributed by atoms with Gasteiger partial charge in [0, 0.05) is 30.9 Å². The van der Waals surface area contributed by atoms with Gasteiger partial charge in [0.15, 0.2) is 0 Å². The molecule has 0 radical (unpaired) electrons. The van der Waals surface area contributed by atoms with E-state index in [-0.39, 0.29) is 5.91 Å². The molecule has 0 bridgehead atoms. The van der Waals surface area contributed by atoms with Crippen molar-refractivity contribution in [2.24, 2.45) is 0 Å². The molecule has 0 aliphatic heterocycles. The predicted octanol–water partition coefficient (Wildman–Crippen LogP) is 3.79. The Kier molecular flexibility index (Phi) is 6.03. The third-order valence-corrected chi connectivity index (χ3v) is 4.91. The number of aryl methyl sites for hydroxylation is 1. The van der Waals surface area contributed by atoms with Crippen molar-refractivity contribution in [2.75, 3.05) is 13.2 Å². The summed E-state index contributed by atoms with van der Waals surface area (Å²) in [7, 11) is 0. The zero-order valence-electron chi connectivity index (χ0n) is 16.9. The number of ether oxygens (including phenoxy) is 1. The summed E-state index contributed by atoms with van der Waals surface area (Å²) < 4.78 is 8.08. The van der Waals surface area contributed by atoms with Gasteiger partial charge < -0.3 is 14.6 Å². The highest BCUT2D eigenvalue weighted by atomic mass is 16.5. The number of para-hydroxylation sites is 2. The van der Waals surface area contributed by atoms with E-state index in [2.05, 4.69) is 27.9 Å². The normalized spacial score (nSPS) is 10.8. The third-order valence-electron chi connectivity index (χ3n) is 4.91. The van der Waals surface area contributed by atoms with Crippen LogP contribution in [0.4, 0.5) is 0 Å². The first-order valence-corrected chi connectivity index (χ1v) is 10.0. The number of hydrogen-bond donors (Lipinski definition) is 1. The standard InChI is InChI=1S/C24H24N4O2/c1-18-6-8-20(9-7-18)30-17-16-28-22-5-3-2-4-21(22)27-23(28)12-15-26-24(29)19-10-13-25-14-11-19/h2-11,13-14H,12,15-17H2,1H3,(H,26,29). The van der Waals surface area contributed by atoms with Crippen molar-refractivity contribution < 1.29 is 9.53 Å². The molecule has 2 heterocycles. The van der Waals surface area contributed by atoms with Crippen molar-refractivity contribution in [3.8, 4) is 5.75 Å². The van der Waals surface area contributed by atoms with Gasteiger partial charge >= 0.3 is 0 Å². The molecule has 0 fully saturated rings. The SMILES string of the molecule is Cc1ccc(OCCn2c(CCNC(=O)c3ccncc3)nc3ccccc32)cc1. The maximum absolute atomic E-state index is 12.3. The van der Waals surface area contributed by atoms with Crippen molar-refractivity contribution in [1.82, 2.24) is 19.9 Å². The van der Waals surface area contributed by atoms with Gasteiger partial charge in [-0.05, 0) is 43.3 Å². The Hall–Kier alpha value is -3.67. The van der Waals surface area contributed by atoms with E-state index < -0.39 is 0 Å². The Bertz CT molecular complexity index is 1120. The average molecular weight is 400 g/mol. The van der Waals surface area contributed by atoms with Gasteiger partial charge in [0.05, 0.1) is 17.6 Å². The average Bonchev–Trinajstić information content (AvgIpc) is 3.13. The molecule has 0 atom stereocenters. The van der Waals surface area contributed by atoms with Crippen molar-refractivity contribution >= 4 is 16.9 Å². The zero-order valence-corrected chi connectivity index (χ0v) is 16.9. The van der Waals surface area contributed by atoms with Gasteiger partial charge in [0.1, 0.15) is 18.2 Å². The minimum Gasteiger partial charge on any atom is -0.492 e. The summed E-state index contributed by atoms with van der Waals surface area (Å²) in [5.74, 6) is 1.68. The Labute approximate surface area is 175 Å². The Morgan fingerprint density at radius 2 is 1.80 bits per heavy atom. The molecule has 0 saturated carbocycles. The molecule has 0 aliphatic carbocycles. The highest BCUT2D eigenvalue weighted by Crippen LogP contribution is 2.17. The van der Waals surface area contributed by atoms with Crippen LogP contribution in [0.25, 0.3) is 11.0 Å². The minimum absolute atomic E-state index is 0.109. The summed E-state index contributed by atoms with van der Waals surface area (Å²) >= 11 is 0. The van der Waals surface area contributed by atoms with Crippen molar-refractivity contribution in [2.45, 2.75) is 19.9 Å². The monoisotopic (exact) mass is 400 g/mol. The van der Waals surface area contributed by atoms with E-state index in [4.69, 9.17) is 9.72 Å². The van der Waals surface area contributed by atoms with E-state index >= 15 is 0 Å². The van der Waals surface area contributed by atoms with Crippen LogP contribution in [0.5, 0.6) is 5.75 Å². The lowest BCUT2D eigenvalue weighted by atomic mass is 10.2. The van der Waals surface area contributed by atoms with Crippen molar-refractivity contribution in [3.05, 3.63) is 90.0 Å². The smallest absolute Gasteiger partial charge is 0.251 e. The van der Waals surface area contributed by atoms with Crippen LogP contribution in [0.2, 0.25) is 0 Å². The van der Waals surface area contributed by atoms with Gasteiger partial charge in [-0.3, -0.25) is 9.78 Å². The number of nitrogens with one attached hydrogen (secondary N) is 1. The second kappa shape index (κ2) is 9.22. The third kappa shape index (κ3) is 4.66. The number of carbonyl (C=O) groups is 1. The number of amides is 1. The Morgan fingerprint density at radius 1 is 1.03 bits per heavy atom. The fourth-order valence-corrected chi connectivity index (χ4v) is 3.35.